The number of hydrogen-bond donors (Lipinski definition) is 1. The quantitative estimate of drug-likeness (QED) is 0.700. The number of fused-ring (bicyclic) bond motifs is 1. The molecule has 0 bridgehead atoms. The van der Waals surface area contributed by atoms with Gasteiger partial charge in [-0.15, -0.1) is 0 Å². The maximum atomic E-state index is 13.1. The molecule has 2 aromatic carbocycles. The molecule has 1 aliphatic heterocycles. The molecule has 1 fully saturated rings. The summed E-state index contributed by atoms with van der Waals surface area (Å²) in [7, 11) is 0. The van der Waals surface area contributed by atoms with Crippen LogP contribution in [-0.2, 0) is 17.9 Å². The Morgan fingerprint density at radius 1 is 1.03 bits per heavy atom. The SMILES string of the molecule is O=C(Cn1c(N2CCCCC2)nc2ccccc2c1=O)NCc1ccc(Cl)cc1. The van der Waals surface area contributed by atoms with Crippen molar-refractivity contribution in [3.8, 4) is 0 Å². The van der Waals surface area contributed by atoms with Crippen LogP contribution in [0.25, 0.3) is 10.9 Å². The molecule has 29 heavy (non-hydrogen) atoms. The van der Waals surface area contributed by atoms with E-state index in [4.69, 9.17) is 16.6 Å². The molecule has 3 aromatic rings. The average molecular weight is 411 g/mol. The molecule has 2 heterocycles. The number of amides is 1. The molecule has 6 nitrogen and oxygen atoms in total. The highest BCUT2D eigenvalue weighted by atomic mass is 35.5. The molecule has 7 heteroatoms. The van der Waals surface area contributed by atoms with Crippen molar-refractivity contribution < 1.29 is 4.79 Å². The molecule has 0 saturated carbocycles. The Labute approximate surface area is 174 Å². The van der Waals surface area contributed by atoms with E-state index in [-0.39, 0.29) is 18.0 Å². The Balaban J connectivity index is 1.60. The molecule has 0 unspecified atom stereocenters. The van der Waals surface area contributed by atoms with Crippen molar-refractivity contribution in [2.45, 2.75) is 32.4 Å². The molecular formula is C22H23ClN4O2. The second-order valence-electron chi connectivity index (χ2n) is 7.27. The number of aromatic nitrogens is 2. The van der Waals surface area contributed by atoms with Crippen LogP contribution in [0, 0.1) is 0 Å². The topological polar surface area (TPSA) is 67.2 Å². The van der Waals surface area contributed by atoms with Crippen LogP contribution in [0.3, 0.4) is 0 Å². The second kappa shape index (κ2) is 8.66. The summed E-state index contributed by atoms with van der Waals surface area (Å²) in [6.07, 6.45) is 3.30. The smallest absolute Gasteiger partial charge is 0.263 e. The van der Waals surface area contributed by atoms with Gasteiger partial charge < -0.3 is 10.2 Å². The Bertz CT molecular complexity index is 1070. The standard InChI is InChI=1S/C22H23ClN4O2/c23-17-10-8-16(9-11-17)14-24-20(28)15-27-21(29)18-6-2-3-7-19(18)25-22(27)26-12-4-1-5-13-26/h2-3,6-11H,1,4-5,12-15H2,(H,24,28). The Morgan fingerprint density at radius 3 is 2.52 bits per heavy atom. The lowest BCUT2D eigenvalue weighted by molar-refractivity contribution is -0.121. The van der Waals surface area contributed by atoms with Crippen molar-refractivity contribution in [2.24, 2.45) is 0 Å². The molecule has 1 aromatic heterocycles. The molecule has 0 radical (unpaired) electrons. The third-order valence-electron chi connectivity index (χ3n) is 5.19. The number of benzene rings is 2. The Kier molecular flexibility index (Phi) is 5.81. The van der Waals surface area contributed by atoms with E-state index in [1.54, 1.807) is 18.2 Å². The molecular weight excluding hydrogens is 388 g/mol. The van der Waals surface area contributed by atoms with Gasteiger partial charge in [0.15, 0.2) is 0 Å². The van der Waals surface area contributed by atoms with Crippen LogP contribution in [0.2, 0.25) is 5.02 Å². The maximum absolute atomic E-state index is 13.1. The first-order valence-corrected chi connectivity index (χ1v) is 10.3. The minimum Gasteiger partial charge on any atom is -0.350 e. The molecule has 1 aliphatic rings. The number of halogens is 1. The molecule has 0 aliphatic carbocycles. The van der Waals surface area contributed by atoms with Gasteiger partial charge in [0.05, 0.1) is 10.9 Å². The number of piperidine rings is 1. The van der Waals surface area contributed by atoms with E-state index >= 15 is 0 Å². The van der Waals surface area contributed by atoms with E-state index in [1.807, 2.05) is 30.3 Å². The third-order valence-corrected chi connectivity index (χ3v) is 5.44. The number of para-hydroxylation sites is 1. The van der Waals surface area contributed by atoms with E-state index in [1.165, 1.54) is 11.0 Å². The van der Waals surface area contributed by atoms with Gasteiger partial charge in [-0.3, -0.25) is 14.2 Å². The van der Waals surface area contributed by atoms with Crippen LogP contribution in [0.1, 0.15) is 24.8 Å². The maximum Gasteiger partial charge on any atom is 0.263 e. The van der Waals surface area contributed by atoms with Gasteiger partial charge in [0.1, 0.15) is 6.54 Å². The fourth-order valence-electron chi connectivity index (χ4n) is 3.64. The van der Waals surface area contributed by atoms with Gasteiger partial charge in [-0.25, -0.2) is 4.98 Å². The number of nitrogens with zero attached hydrogens (tertiary/aromatic N) is 3. The molecule has 0 atom stereocenters. The number of rotatable bonds is 5. The summed E-state index contributed by atoms with van der Waals surface area (Å²) in [6, 6.07) is 14.6. The number of nitrogens with one attached hydrogen (secondary N) is 1. The summed E-state index contributed by atoms with van der Waals surface area (Å²) in [6.45, 7) is 2.01. The van der Waals surface area contributed by atoms with Gasteiger partial charge in [-0.1, -0.05) is 35.9 Å². The fraction of sp³-hybridized carbons (Fsp3) is 0.318. The summed E-state index contributed by atoms with van der Waals surface area (Å²) in [5, 5.41) is 4.06. The summed E-state index contributed by atoms with van der Waals surface area (Å²) in [5.41, 5.74) is 1.43. The summed E-state index contributed by atoms with van der Waals surface area (Å²) in [5.74, 6) is 0.354. The van der Waals surface area contributed by atoms with Crippen LogP contribution >= 0.6 is 11.6 Å². The van der Waals surface area contributed by atoms with E-state index in [2.05, 4.69) is 10.2 Å². The second-order valence-corrected chi connectivity index (χ2v) is 7.71. The molecule has 4 rings (SSSR count). The van der Waals surface area contributed by atoms with Crippen molar-refractivity contribution in [1.29, 1.82) is 0 Å². The fourth-order valence-corrected chi connectivity index (χ4v) is 3.76. The lowest BCUT2D eigenvalue weighted by Gasteiger charge is -2.29. The minimum absolute atomic E-state index is 0.0594. The normalized spacial score (nSPS) is 14.2. The first-order valence-electron chi connectivity index (χ1n) is 9.87. The van der Waals surface area contributed by atoms with Gasteiger partial charge in [0.2, 0.25) is 11.9 Å². The van der Waals surface area contributed by atoms with Gasteiger partial charge in [-0.05, 0) is 49.1 Å². The van der Waals surface area contributed by atoms with Crippen LogP contribution < -0.4 is 15.8 Å². The van der Waals surface area contributed by atoms with E-state index in [9.17, 15) is 9.59 Å². The molecule has 1 N–H and O–H groups in total. The van der Waals surface area contributed by atoms with E-state index in [0.717, 1.165) is 31.5 Å². The van der Waals surface area contributed by atoms with Crippen LogP contribution in [0.15, 0.2) is 53.3 Å². The van der Waals surface area contributed by atoms with Gasteiger partial charge in [0.25, 0.3) is 5.56 Å². The summed E-state index contributed by atoms with van der Waals surface area (Å²) in [4.78, 5) is 32.6. The molecule has 1 saturated heterocycles. The number of carbonyl (C=O) groups is 1. The van der Waals surface area contributed by atoms with Crippen molar-refractivity contribution >= 4 is 34.4 Å². The zero-order valence-corrected chi connectivity index (χ0v) is 16.9. The predicted molar refractivity (Wildman–Crippen MR) is 115 cm³/mol. The van der Waals surface area contributed by atoms with E-state index < -0.39 is 0 Å². The monoisotopic (exact) mass is 410 g/mol. The summed E-state index contributed by atoms with van der Waals surface area (Å²) < 4.78 is 1.50. The molecule has 150 valence electrons. The Morgan fingerprint density at radius 2 is 1.76 bits per heavy atom. The van der Waals surface area contributed by atoms with Gasteiger partial charge >= 0.3 is 0 Å². The van der Waals surface area contributed by atoms with Crippen molar-refractivity contribution in [2.75, 3.05) is 18.0 Å². The predicted octanol–water partition coefficient (Wildman–Crippen LogP) is 3.36. The van der Waals surface area contributed by atoms with Crippen molar-refractivity contribution in [3.63, 3.8) is 0 Å². The number of carbonyl (C=O) groups excluding carboxylic acids is 1. The third kappa shape index (κ3) is 4.43. The van der Waals surface area contributed by atoms with Gasteiger partial charge in [-0.2, -0.15) is 0 Å². The zero-order chi connectivity index (χ0) is 20.2. The summed E-state index contributed by atoms with van der Waals surface area (Å²) >= 11 is 5.90. The number of hydrogen-bond acceptors (Lipinski definition) is 4. The number of anilines is 1. The lowest BCUT2D eigenvalue weighted by atomic mass is 10.1. The largest absolute Gasteiger partial charge is 0.350 e. The van der Waals surface area contributed by atoms with E-state index in [0.29, 0.717) is 28.4 Å². The molecule has 0 spiro atoms. The highest BCUT2D eigenvalue weighted by Gasteiger charge is 2.20. The Hall–Kier alpha value is -2.86. The van der Waals surface area contributed by atoms with Crippen LogP contribution in [0.4, 0.5) is 5.95 Å². The zero-order valence-electron chi connectivity index (χ0n) is 16.1. The lowest BCUT2D eigenvalue weighted by Crippen LogP contribution is -2.39. The van der Waals surface area contributed by atoms with Crippen molar-refractivity contribution in [3.05, 3.63) is 69.5 Å². The van der Waals surface area contributed by atoms with Crippen LogP contribution in [0.5, 0.6) is 0 Å². The first kappa shape index (κ1) is 19.5. The van der Waals surface area contributed by atoms with Crippen LogP contribution in [-0.4, -0.2) is 28.5 Å². The molecule has 1 amide bonds. The van der Waals surface area contributed by atoms with Crippen molar-refractivity contribution in [1.82, 2.24) is 14.9 Å². The minimum atomic E-state index is -0.225. The highest BCUT2D eigenvalue weighted by molar-refractivity contribution is 6.30. The van der Waals surface area contributed by atoms with Gasteiger partial charge in [0, 0.05) is 24.7 Å². The average Bonchev–Trinajstić information content (AvgIpc) is 2.76. The highest BCUT2D eigenvalue weighted by Crippen LogP contribution is 2.19. The first-order chi connectivity index (χ1) is 14.1.